The Balaban J connectivity index is 2.02. The van der Waals surface area contributed by atoms with Gasteiger partial charge in [0.2, 0.25) is 0 Å². The molecule has 0 radical (unpaired) electrons. The molecule has 0 bridgehead atoms. The van der Waals surface area contributed by atoms with Crippen molar-refractivity contribution in [3.8, 4) is 11.8 Å². The minimum absolute atomic E-state index is 0.195. The predicted octanol–water partition coefficient (Wildman–Crippen LogP) is 8.85. The van der Waals surface area contributed by atoms with Gasteiger partial charge in [-0.1, -0.05) is 94.3 Å². The van der Waals surface area contributed by atoms with Crippen LogP contribution in [0.15, 0.2) is 64.8 Å². The quantitative estimate of drug-likeness (QED) is 0.160. The van der Waals surface area contributed by atoms with E-state index in [1.54, 1.807) is 14.2 Å². The van der Waals surface area contributed by atoms with Crippen molar-refractivity contribution in [2.45, 2.75) is 102 Å². The molecule has 0 fully saturated rings. The number of nitrogens with zero attached hydrogens (tertiary/aromatic N) is 3. The summed E-state index contributed by atoms with van der Waals surface area (Å²) >= 11 is 0. The van der Waals surface area contributed by atoms with Crippen LogP contribution in [0.25, 0.3) is 0 Å². The number of unbranched alkanes of at least 4 members (excludes halogenated alkanes) is 6. The number of hydrogen-bond donors (Lipinski definition) is 0. The maximum absolute atomic E-state index is 10.5. The van der Waals surface area contributed by atoms with Crippen LogP contribution in [0, 0.1) is 11.3 Å². The Morgan fingerprint density at radius 1 is 0.886 bits per heavy atom. The number of azo groups is 1. The van der Waals surface area contributed by atoms with Crippen molar-refractivity contribution < 1.29 is 4.74 Å². The Hall–Kier alpha value is -2.67. The molecular formula is C31H45N3O. The summed E-state index contributed by atoms with van der Waals surface area (Å²) in [6.07, 6.45) is 14.4. The summed E-state index contributed by atoms with van der Waals surface area (Å²) in [4.78, 5) is 0. The topological polar surface area (TPSA) is 57.7 Å². The molecule has 2 atom stereocenters. The van der Waals surface area contributed by atoms with Crippen molar-refractivity contribution in [1.29, 1.82) is 5.26 Å². The number of benzene rings is 2. The number of aryl methyl sites for hydroxylation is 1. The van der Waals surface area contributed by atoms with Gasteiger partial charge in [-0.05, 0) is 61.8 Å². The Kier molecular flexibility index (Phi) is 13.8. The number of nitriles is 1. The Morgan fingerprint density at radius 2 is 1.60 bits per heavy atom. The third kappa shape index (κ3) is 10.2. The molecule has 2 aromatic carbocycles. The maximum atomic E-state index is 10.5. The van der Waals surface area contributed by atoms with Gasteiger partial charge in [0.1, 0.15) is 5.75 Å². The normalized spacial score (nSPS) is 13.9. The molecule has 0 N–H and O–H groups in total. The number of ether oxygens (including phenoxy) is 1. The molecule has 190 valence electrons. The lowest BCUT2D eigenvalue weighted by molar-refractivity contribution is 0.392. The lowest BCUT2D eigenvalue weighted by atomic mass is 9.73. The lowest BCUT2D eigenvalue weighted by Crippen LogP contribution is -2.25. The van der Waals surface area contributed by atoms with E-state index in [1.807, 2.05) is 12.1 Å². The molecule has 35 heavy (non-hydrogen) atoms. The second kappa shape index (κ2) is 16.9. The molecule has 4 heteroatoms. The summed E-state index contributed by atoms with van der Waals surface area (Å²) in [5.41, 5.74) is 1.94. The van der Waals surface area contributed by atoms with E-state index in [-0.39, 0.29) is 6.04 Å². The summed E-state index contributed by atoms with van der Waals surface area (Å²) in [5.74, 6) is 0.821. The highest BCUT2D eigenvalue weighted by molar-refractivity contribution is 5.38. The predicted molar refractivity (Wildman–Crippen MR) is 146 cm³/mol. The summed E-state index contributed by atoms with van der Waals surface area (Å²) in [6, 6.07) is 21.7. The highest BCUT2D eigenvalue weighted by Gasteiger charge is 2.32. The first kappa shape index (κ1) is 28.6. The molecule has 2 unspecified atom stereocenters. The van der Waals surface area contributed by atoms with E-state index in [0.29, 0.717) is 0 Å². The van der Waals surface area contributed by atoms with Crippen LogP contribution in [-0.4, -0.2) is 20.2 Å². The smallest absolute Gasteiger partial charge is 0.119 e. The monoisotopic (exact) mass is 475 g/mol. The molecule has 0 amide bonds. The minimum Gasteiger partial charge on any atom is -0.497 e. The molecule has 0 saturated carbocycles. The van der Waals surface area contributed by atoms with Crippen molar-refractivity contribution in [3.63, 3.8) is 0 Å². The first-order valence-corrected chi connectivity index (χ1v) is 13.6. The number of rotatable bonds is 18. The number of hydrogen-bond acceptors (Lipinski definition) is 4. The maximum Gasteiger partial charge on any atom is 0.119 e. The van der Waals surface area contributed by atoms with E-state index in [4.69, 9.17) is 4.74 Å². The third-order valence-corrected chi connectivity index (χ3v) is 7.07. The molecule has 2 rings (SSSR count). The molecule has 0 aromatic heterocycles. The van der Waals surface area contributed by atoms with E-state index in [2.05, 4.69) is 65.7 Å². The summed E-state index contributed by atoms with van der Waals surface area (Å²) in [5, 5.41) is 19.1. The fourth-order valence-corrected chi connectivity index (χ4v) is 4.94. The molecule has 0 aliphatic rings. The molecule has 4 nitrogen and oxygen atoms in total. The zero-order valence-electron chi connectivity index (χ0n) is 22.2. The summed E-state index contributed by atoms with van der Waals surface area (Å²) in [7, 11) is 3.45. The molecule has 0 saturated heterocycles. The van der Waals surface area contributed by atoms with Gasteiger partial charge in [0.25, 0.3) is 0 Å². The van der Waals surface area contributed by atoms with Crippen LogP contribution < -0.4 is 4.74 Å². The minimum atomic E-state index is -0.481. The van der Waals surface area contributed by atoms with Crippen LogP contribution >= 0.6 is 0 Å². The van der Waals surface area contributed by atoms with Crippen molar-refractivity contribution in [3.05, 3.63) is 65.7 Å². The van der Waals surface area contributed by atoms with Gasteiger partial charge >= 0.3 is 0 Å². The van der Waals surface area contributed by atoms with Gasteiger partial charge in [0.15, 0.2) is 0 Å². The zero-order chi connectivity index (χ0) is 25.2. The Labute approximate surface area is 213 Å². The van der Waals surface area contributed by atoms with Crippen molar-refractivity contribution in [2.75, 3.05) is 14.2 Å². The van der Waals surface area contributed by atoms with E-state index in [9.17, 15) is 5.26 Å². The Bertz CT molecular complexity index is 890. The lowest BCUT2D eigenvalue weighted by Gasteiger charge is -2.28. The average molecular weight is 476 g/mol. The molecule has 0 heterocycles. The first-order valence-electron chi connectivity index (χ1n) is 13.6. The van der Waals surface area contributed by atoms with Crippen LogP contribution in [0.5, 0.6) is 5.75 Å². The van der Waals surface area contributed by atoms with Gasteiger partial charge in [-0.25, -0.2) is 0 Å². The number of methoxy groups -OCH3 is 1. The molecule has 0 aliphatic carbocycles. The fourth-order valence-electron chi connectivity index (χ4n) is 4.94. The van der Waals surface area contributed by atoms with E-state index >= 15 is 0 Å². The van der Waals surface area contributed by atoms with Crippen LogP contribution in [0.4, 0.5) is 0 Å². The highest BCUT2D eigenvalue weighted by Crippen LogP contribution is 2.37. The van der Waals surface area contributed by atoms with Gasteiger partial charge < -0.3 is 4.74 Å². The van der Waals surface area contributed by atoms with Crippen LogP contribution in [0.2, 0.25) is 0 Å². The van der Waals surface area contributed by atoms with Crippen molar-refractivity contribution in [2.24, 2.45) is 10.2 Å². The van der Waals surface area contributed by atoms with Gasteiger partial charge in [-0.2, -0.15) is 15.5 Å². The van der Waals surface area contributed by atoms with Gasteiger partial charge in [0, 0.05) is 7.05 Å². The highest BCUT2D eigenvalue weighted by atomic mass is 16.5. The standard InChI is InChI=1S/C31H45N3O/c1-4-5-6-7-8-9-13-23-31(26-32,28-18-14-20-30(25-28)35-3)24-15-19-29(34-33-2)22-21-27-16-11-10-12-17-27/h10-12,14,16-18,20,25,29H,4-9,13,15,19,21-24H2,1-3H3/b34-33+. The average Bonchev–Trinajstić information content (AvgIpc) is 2.90. The Morgan fingerprint density at radius 3 is 2.29 bits per heavy atom. The second-order valence-corrected chi connectivity index (χ2v) is 9.68. The SMILES string of the molecule is CCCCCCCCCC(C#N)(CCCC(CCc1ccccc1)/N=N/C)c1cccc(OC)c1. The van der Waals surface area contributed by atoms with Gasteiger partial charge in [-0.3, -0.25) is 0 Å². The van der Waals surface area contributed by atoms with E-state index in [0.717, 1.165) is 56.3 Å². The molecule has 2 aromatic rings. The van der Waals surface area contributed by atoms with Crippen LogP contribution in [0.1, 0.15) is 95.1 Å². The zero-order valence-corrected chi connectivity index (χ0v) is 22.2. The van der Waals surface area contributed by atoms with Crippen molar-refractivity contribution in [1.82, 2.24) is 0 Å². The van der Waals surface area contributed by atoms with E-state index in [1.165, 1.54) is 44.1 Å². The largest absolute Gasteiger partial charge is 0.497 e. The third-order valence-electron chi connectivity index (χ3n) is 7.07. The van der Waals surface area contributed by atoms with Gasteiger partial charge in [0.05, 0.1) is 24.6 Å². The summed E-state index contributed by atoms with van der Waals surface area (Å²) < 4.78 is 5.49. The van der Waals surface area contributed by atoms with Crippen LogP contribution in [0.3, 0.4) is 0 Å². The van der Waals surface area contributed by atoms with Crippen LogP contribution in [-0.2, 0) is 11.8 Å². The first-order chi connectivity index (χ1) is 17.2. The molecule has 0 spiro atoms. The van der Waals surface area contributed by atoms with Crippen molar-refractivity contribution >= 4 is 0 Å². The van der Waals surface area contributed by atoms with E-state index < -0.39 is 5.41 Å². The fraction of sp³-hybridized carbons (Fsp3) is 0.581. The van der Waals surface area contributed by atoms with Gasteiger partial charge in [-0.15, -0.1) is 0 Å². The molecule has 0 aliphatic heterocycles. The molecular weight excluding hydrogens is 430 g/mol. The second-order valence-electron chi connectivity index (χ2n) is 9.68. The summed E-state index contributed by atoms with van der Waals surface area (Å²) in [6.45, 7) is 2.25.